The van der Waals surface area contributed by atoms with Crippen LogP contribution < -0.4 is 10.2 Å². The summed E-state index contributed by atoms with van der Waals surface area (Å²) in [5.74, 6) is -0.0243. The standard InChI is InChI=1S/C22H26N2O/c1-14-11-15(2)21(16(3)12-14)23-20(25)13-24-17(4)22(5,6)18-9-7-8-10-19(18)24/h7-12H,4,13H2,1-3,5-6H3,(H,23,25). The van der Waals surface area contributed by atoms with Gasteiger partial charge in [-0.2, -0.15) is 0 Å². The van der Waals surface area contributed by atoms with Gasteiger partial charge in [0.1, 0.15) is 6.54 Å². The molecule has 0 saturated carbocycles. The van der Waals surface area contributed by atoms with Crippen LogP contribution in [0.25, 0.3) is 0 Å². The minimum Gasteiger partial charge on any atom is -0.335 e. The van der Waals surface area contributed by atoms with E-state index in [-0.39, 0.29) is 17.9 Å². The molecule has 25 heavy (non-hydrogen) atoms. The highest BCUT2D eigenvalue weighted by atomic mass is 16.2. The predicted octanol–water partition coefficient (Wildman–Crippen LogP) is 4.86. The molecule has 0 aromatic heterocycles. The molecule has 3 nitrogen and oxygen atoms in total. The second-order valence-corrected chi connectivity index (χ2v) is 7.50. The molecule has 0 bridgehead atoms. The van der Waals surface area contributed by atoms with Crippen LogP contribution in [0.5, 0.6) is 0 Å². The van der Waals surface area contributed by atoms with Gasteiger partial charge >= 0.3 is 0 Å². The quantitative estimate of drug-likeness (QED) is 0.869. The average Bonchev–Trinajstić information content (AvgIpc) is 2.72. The molecule has 130 valence electrons. The Bertz CT molecular complexity index is 841. The van der Waals surface area contributed by atoms with Crippen LogP contribution in [-0.2, 0) is 10.2 Å². The van der Waals surface area contributed by atoms with E-state index in [0.717, 1.165) is 28.2 Å². The highest BCUT2D eigenvalue weighted by Gasteiger charge is 2.39. The number of amides is 1. The van der Waals surface area contributed by atoms with Crippen LogP contribution in [-0.4, -0.2) is 12.5 Å². The van der Waals surface area contributed by atoms with Crippen LogP contribution in [0.4, 0.5) is 11.4 Å². The summed E-state index contributed by atoms with van der Waals surface area (Å²) in [6.45, 7) is 15.0. The molecule has 1 aliphatic heterocycles. The number of rotatable bonds is 3. The van der Waals surface area contributed by atoms with Crippen LogP contribution in [0.3, 0.4) is 0 Å². The van der Waals surface area contributed by atoms with E-state index in [1.165, 1.54) is 11.1 Å². The number of fused-ring (bicyclic) bond motifs is 1. The van der Waals surface area contributed by atoms with E-state index in [1.54, 1.807) is 0 Å². The second kappa shape index (κ2) is 6.07. The number of nitrogens with zero attached hydrogens (tertiary/aromatic N) is 1. The molecule has 0 unspecified atom stereocenters. The molecule has 3 rings (SSSR count). The van der Waals surface area contributed by atoms with Crippen LogP contribution >= 0.6 is 0 Å². The molecule has 1 heterocycles. The SMILES string of the molecule is C=C1N(CC(=O)Nc2c(C)cc(C)cc2C)c2ccccc2C1(C)C. The molecule has 0 aliphatic carbocycles. The number of nitrogens with one attached hydrogen (secondary N) is 1. The number of hydrogen-bond donors (Lipinski definition) is 1. The molecule has 1 N–H and O–H groups in total. The number of aryl methyl sites for hydroxylation is 3. The number of benzene rings is 2. The van der Waals surface area contributed by atoms with E-state index in [9.17, 15) is 4.79 Å². The van der Waals surface area contributed by atoms with Crippen LogP contribution in [0.1, 0.15) is 36.1 Å². The van der Waals surface area contributed by atoms with Gasteiger partial charge in [0.05, 0.1) is 0 Å². The van der Waals surface area contributed by atoms with Crippen molar-refractivity contribution in [3.05, 3.63) is 70.9 Å². The van der Waals surface area contributed by atoms with Gasteiger partial charge in [0.2, 0.25) is 5.91 Å². The number of para-hydroxylation sites is 1. The Kier molecular flexibility index (Phi) is 4.19. The van der Waals surface area contributed by atoms with Crippen LogP contribution in [0.2, 0.25) is 0 Å². The van der Waals surface area contributed by atoms with E-state index < -0.39 is 0 Å². The first-order valence-electron chi connectivity index (χ1n) is 8.66. The molecule has 0 saturated heterocycles. The summed E-state index contributed by atoms with van der Waals surface area (Å²) >= 11 is 0. The van der Waals surface area contributed by atoms with Crippen molar-refractivity contribution in [3.63, 3.8) is 0 Å². The minimum atomic E-state index is -0.160. The lowest BCUT2D eigenvalue weighted by Gasteiger charge is -2.25. The first-order valence-corrected chi connectivity index (χ1v) is 8.66. The van der Waals surface area contributed by atoms with E-state index in [1.807, 2.05) is 30.9 Å². The van der Waals surface area contributed by atoms with Gasteiger partial charge in [0.15, 0.2) is 0 Å². The molecule has 0 fully saturated rings. The first kappa shape index (κ1) is 17.3. The van der Waals surface area contributed by atoms with Crippen molar-refractivity contribution in [1.29, 1.82) is 0 Å². The Hall–Kier alpha value is -2.55. The number of carbonyl (C=O) groups is 1. The molecule has 0 radical (unpaired) electrons. The van der Waals surface area contributed by atoms with Crippen molar-refractivity contribution < 1.29 is 4.79 Å². The monoisotopic (exact) mass is 334 g/mol. The zero-order valence-corrected chi connectivity index (χ0v) is 15.7. The number of carbonyl (C=O) groups excluding carboxylic acids is 1. The fraction of sp³-hybridized carbons (Fsp3) is 0.318. The van der Waals surface area contributed by atoms with Gasteiger partial charge in [-0.25, -0.2) is 0 Å². The van der Waals surface area contributed by atoms with Crippen molar-refractivity contribution in [2.75, 3.05) is 16.8 Å². The molecular weight excluding hydrogens is 308 g/mol. The summed E-state index contributed by atoms with van der Waals surface area (Å²) < 4.78 is 0. The molecule has 3 heteroatoms. The third-order valence-corrected chi connectivity index (χ3v) is 5.16. The van der Waals surface area contributed by atoms with E-state index in [0.29, 0.717) is 0 Å². The lowest BCUT2D eigenvalue weighted by molar-refractivity contribution is -0.114. The molecule has 2 aromatic carbocycles. The predicted molar refractivity (Wildman–Crippen MR) is 105 cm³/mol. The normalized spacial score (nSPS) is 15.2. The van der Waals surface area contributed by atoms with E-state index >= 15 is 0 Å². The number of anilines is 2. The van der Waals surface area contributed by atoms with Crippen LogP contribution in [0.15, 0.2) is 48.7 Å². The summed E-state index contributed by atoms with van der Waals surface area (Å²) in [6, 6.07) is 12.4. The lowest BCUT2D eigenvalue weighted by atomic mass is 9.84. The van der Waals surface area contributed by atoms with Gasteiger partial charge in [-0.15, -0.1) is 0 Å². The maximum Gasteiger partial charge on any atom is 0.244 e. The summed E-state index contributed by atoms with van der Waals surface area (Å²) in [5, 5.41) is 3.09. The van der Waals surface area contributed by atoms with E-state index in [4.69, 9.17) is 0 Å². The Morgan fingerprint density at radius 3 is 2.36 bits per heavy atom. The van der Waals surface area contributed by atoms with Gasteiger partial charge in [-0.1, -0.05) is 56.3 Å². The fourth-order valence-electron chi connectivity index (χ4n) is 3.76. The van der Waals surface area contributed by atoms with Crippen molar-refractivity contribution in [1.82, 2.24) is 0 Å². The third-order valence-electron chi connectivity index (χ3n) is 5.16. The van der Waals surface area contributed by atoms with E-state index in [2.05, 4.69) is 56.9 Å². The lowest BCUT2D eigenvalue weighted by Crippen LogP contribution is -2.33. The van der Waals surface area contributed by atoms with Crippen molar-refractivity contribution in [2.24, 2.45) is 0 Å². The largest absolute Gasteiger partial charge is 0.335 e. The maximum atomic E-state index is 12.7. The van der Waals surface area contributed by atoms with Crippen molar-refractivity contribution >= 4 is 17.3 Å². The molecule has 0 spiro atoms. The Morgan fingerprint density at radius 1 is 1.12 bits per heavy atom. The highest BCUT2D eigenvalue weighted by Crippen LogP contribution is 2.46. The third kappa shape index (κ3) is 2.95. The van der Waals surface area contributed by atoms with Gasteiger partial charge in [0.25, 0.3) is 0 Å². The highest BCUT2D eigenvalue weighted by molar-refractivity contribution is 5.96. The van der Waals surface area contributed by atoms with Crippen molar-refractivity contribution in [3.8, 4) is 0 Å². The average molecular weight is 334 g/mol. The van der Waals surface area contributed by atoms with Crippen molar-refractivity contribution in [2.45, 2.75) is 40.0 Å². The summed E-state index contributed by atoms with van der Waals surface area (Å²) in [7, 11) is 0. The molecule has 1 aliphatic rings. The maximum absolute atomic E-state index is 12.7. The summed E-state index contributed by atoms with van der Waals surface area (Å²) in [4.78, 5) is 14.8. The Balaban J connectivity index is 1.84. The molecule has 1 amide bonds. The summed E-state index contributed by atoms with van der Waals surface area (Å²) in [5.41, 5.74) is 7.39. The van der Waals surface area contributed by atoms with Gasteiger partial charge < -0.3 is 10.2 Å². The Labute approximate surface area is 150 Å². The van der Waals surface area contributed by atoms with Gasteiger partial charge in [-0.05, 0) is 43.5 Å². The van der Waals surface area contributed by atoms with Gasteiger partial charge in [-0.3, -0.25) is 4.79 Å². The summed E-state index contributed by atoms with van der Waals surface area (Å²) in [6.07, 6.45) is 0. The molecule has 0 atom stereocenters. The minimum absolute atomic E-state index is 0.0243. The zero-order valence-electron chi connectivity index (χ0n) is 15.7. The molecular formula is C22H26N2O. The number of allylic oxidation sites excluding steroid dienone is 1. The fourth-order valence-corrected chi connectivity index (χ4v) is 3.76. The van der Waals surface area contributed by atoms with Crippen LogP contribution in [0, 0.1) is 20.8 Å². The first-order chi connectivity index (χ1) is 11.7. The Morgan fingerprint density at radius 2 is 1.72 bits per heavy atom. The number of hydrogen-bond acceptors (Lipinski definition) is 2. The second-order valence-electron chi connectivity index (χ2n) is 7.50. The van der Waals surface area contributed by atoms with Gasteiger partial charge in [0, 0.05) is 22.5 Å². The zero-order chi connectivity index (χ0) is 18.4. The molecule has 2 aromatic rings. The topological polar surface area (TPSA) is 32.3 Å². The smallest absolute Gasteiger partial charge is 0.244 e.